The van der Waals surface area contributed by atoms with E-state index < -0.39 is 12.6 Å². The van der Waals surface area contributed by atoms with Gasteiger partial charge in [-0.3, -0.25) is 4.68 Å². The Morgan fingerprint density at radius 2 is 2.17 bits per heavy atom. The summed E-state index contributed by atoms with van der Waals surface area (Å²) in [6, 6.07) is -0.205. The van der Waals surface area contributed by atoms with Gasteiger partial charge in [0.25, 0.3) is 0 Å². The molecule has 0 aliphatic carbocycles. The first-order valence-electron chi connectivity index (χ1n) is 6.06. The Hall–Kier alpha value is -1.11. The van der Waals surface area contributed by atoms with Gasteiger partial charge < -0.3 is 5.32 Å². The molecular weight excluding hydrogens is 245 g/mol. The third-order valence-electron chi connectivity index (χ3n) is 2.56. The van der Waals surface area contributed by atoms with Crippen molar-refractivity contribution < 1.29 is 13.2 Å². The van der Waals surface area contributed by atoms with Gasteiger partial charge >= 0.3 is 6.18 Å². The maximum Gasteiger partial charge on any atom is 0.389 e. The number of aromatic nitrogens is 3. The van der Waals surface area contributed by atoms with Crippen LogP contribution in [0, 0.1) is 0 Å². The third-order valence-corrected chi connectivity index (χ3v) is 2.56. The number of alkyl halides is 3. The molecule has 0 radical (unpaired) electrons. The van der Waals surface area contributed by atoms with Gasteiger partial charge in [-0.05, 0) is 19.4 Å². The number of hydrogen-bond donors (Lipinski definition) is 1. The van der Waals surface area contributed by atoms with E-state index in [1.165, 1.54) is 0 Å². The molecule has 1 N–H and O–H groups in total. The van der Waals surface area contributed by atoms with Crippen LogP contribution in [0.3, 0.4) is 0 Å². The van der Waals surface area contributed by atoms with Gasteiger partial charge in [-0.2, -0.15) is 13.2 Å². The van der Waals surface area contributed by atoms with E-state index in [0.29, 0.717) is 18.7 Å². The van der Waals surface area contributed by atoms with Crippen LogP contribution in [-0.2, 0) is 13.5 Å². The van der Waals surface area contributed by atoms with Crippen LogP contribution in [-0.4, -0.2) is 33.8 Å². The lowest BCUT2D eigenvalue weighted by atomic mass is 10.1. The van der Waals surface area contributed by atoms with Crippen LogP contribution in [0.1, 0.15) is 31.9 Å². The second-order valence-corrected chi connectivity index (χ2v) is 4.39. The number of nitrogens with one attached hydrogen (secondary N) is 1. The fourth-order valence-corrected chi connectivity index (χ4v) is 1.70. The van der Waals surface area contributed by atoms with Gasteiger partial charge in [0.05, 0.1) is 5.69 Å². The van der Waals surface area contributed by atoms with E-state index in [9.17, 15) is 13.2 Å². The minimum absolute atomic E-state index is 0.0695. The molecule has 4 nitrogen and oxygen atoms in total. The molecule has 1 atom stereocenters. The fraction of sp³-hybridized carbons (Fsp3) is 0.818. The van der Waals surface area contributed by atoms with Crippen LogP contribution in [0.25, 0.3) is 0 Å². The maximum atomic E-state index is 12.2. The summed E-state index contributed by atoms with van der Waals surface area (Å²) in [4.78, 5) is 0. The largest absolute Gasteiger partial charge is 0.389 e. The predicted molar refractivity (Wildman–Crippen MR) is 62.1 cm³/mol. The molecule has 0 fully saturated rings. The molecule has 0 aromatic carbocycles. The minimum atomic E-state index is -4.10. The lowest BCUT2D eigenvalue weighted by Crippen LogP contribution is -2.33. The van der Waals surface area contributed by atoms with Crippen LogP contribution in [0.4, 0.5) is 13.2 Å². The SMILES string of the molecule is CCCNC(CCC(F)(F)F)Cc1cn(C)nn1. The van der Waals surface area contributed by atoms with Crippen LogP contribution in [0.2, 0.25) is 0 Å². The van der Waals surface area contributed by atoms with Crippen molar-refractivity contribution in [2.24, 2.45) is 7.05 Å². The Morgan fingerprint density at radius 1 is 1.44 bits per heavy atom. The highest BCUT2D eigenvalue weighted by Gasteiger charge is 2.28. The molecule has 7 heteroatoms. The van der Waals surface area contributed by atoms with E-state index in [4.69, 9.17) is 0 Å². The van der Waals surface area contributed by atoms with E-state index in [0.717, 1.165) is 6.42 Å². The molecule has 1 unspecified atom stereocenters. The van der Waals surface area contributed by atoms with Crippen molar-refractivity contribution in [3.05, 3.63) is 11.9 Å². The first kappa shape index (κ1) is 14.9. The fourth-order valence-electron chi connectivity index (χ4n) is 1.70. The van der Waals surface area contributed by atoms with Crippen molar-refractivity contribution >= 4 is 0 Å². The predicted octanol–water partition coefficient (Wildman–Crippen LogP) is 2.07. The molecule has 0 spiro atoms. The van der Waals surface area contributed by atoms with Gasteiger partial charge in [-0.1, -0.05) is 12.1 Å². The maximum absolute atomic E-state index is 12.2. The minimum Gasteiger partial charge on any atom is -0.314 e. The zero-order valence-corrected chi connectivity index (χ0v) is 10.7. The summed E-state index contributed by atoms with van der Waals surface area (Å²) in [5.74, 6) is 0. The van der Waals surface area contributed by atoms with Crippen molar-refractivity contribution in [3.63, 3.8) is 0 Å². The Bertz CT molecular complexity index is 348. The zero-order chi connectivity index (χ0) is 13.6. The van der Waals surface area contributed by atoms with Crippen LogP contribution >= 0.6 is 0 Å². The normalized spacial score (nSPS) is 13.8. The van der Waals surface area contributed by atoms with Gasteiger partial charge in [0, 0.05) is 32.1 Å². The van der Waals surface area contributed by atoms with E-state index >= 15 is 0 Å². The smallest absolute Gasteiger partial charge is 0.314 e. The topological polar surface area (TPSA) is 42.7 Å². The summed E-state index contributed by atoms with van der Waals surface area (Å²) in [5, 5.41) is 10.8. The molecule has 0 bridgehead atoms. The summed E-state index contributed by atoms with van der Waals surface area (Å²) < 4.78 is 38.2. The van der Waals surface area contributed by atoms with E-state index in [1.807, 2.05) is 6.92 Å². The van der Waals surface area contributed by atoms with E-state index in [1.54, 1.807) is 17.9 Å². The molecular formula is C11H19F3N4. The average molecular weight is 264 g/mol. The number of aryl methyl sites for hydroxylation is 1. The van der Waals surface area contributed by atoms with Crippen LogP contribution < -0.4 is 5.32 Å². The summed E-state index contributed by atoms with van der Waals surface area (Å²) in [6.45, 7) is 2.69. The van der Waals surface area contributed by atoms with Crippen molar-refractivity contribution in [1.29, 1.82) is 0 Å². The van der Waals surface area contributed by atoms with Crippen molar-refractivity contribution in [2.45, 2.75) is 44.8 Å². The second kappa shape index (κ2) is 6.72. The molecule has 0 aliphatic rings. The number of rotatable bonds is 7. The molecule has 1 aromatic rings. The van der Waals surface area contributed by atoms with Gasteiger partial charge in [0.15, 0.2) is 0 Å². The van der Waals surface area contributed by atoms with Crippen LogP contribution in [0.5, 0.6) is 0 Å². The highest BCUT2D eigenvalue weighted by Crippen LogP contribution is 2.23. The molecule has 0 saturated heterocycles. The second-order valence-electron chi connectivity index (χ2n) is 4.39. The van der Waals surface area contributed by atoms with Crippen molar-refractivity contribution in [3.8, 4) is 0 Å². The van der Waals surface area contributed by atoms with Crippen molar-refractivity contribution in [2.75, 3.05) is 6.54 Å². The van der Waals surface area contributed by atoms with Gasteiger partial charge in [0.1, 0.15) is 0 Å². The summed E-state index contributed by atoms with van der Waals surface area (Å²) in [6.07, 6.45) is -1.70. The highest BCUT2D eigenvalue weighted by atomic mass is 19.4. The first-order valence-corrected chi connectivity index (χ1v) is 6.06. The van der Waals surface area contributed by atoms with Gasteiger partial charge in [0.2, 0.25) is 0 Å². The van der Waals surface area contributed by atoms with Gasteiger partial charge in [-0.15, -0.1) is 5.10 Å². The molecule has 1 aromatic heterocycles. The van der Waals surface area contributed by atoms with Gasteiger partial charge in [-0.25, -0.2) is 0 Å². The Morgan fingerprint density at radius 3 is 2.67 bits per heavy atom. The number of halogens is 3. The monoisotopic (exact) mass is 264 g/mol. The molecule has 1 rings (SSSR count). The van der Waals surface area contributed by atoms with E-state index in [-0.39, 0.29) is 12.5 Å². The molecule has 104 valence electrons. The quantitative estimate of drug-likeness (QED) is 0.819. The van der Waals surface area contributed by atoms with Crippen molar-refractivity contribution in [1.82, 2.24) is 20.3 Å². The standard InChI is InChI=1S/C11H19F3N4/c1-3-6-15-9(4-5-11(12,13)14)7-10-8-18(2)17-16-10/h8-9,15H,3-7H2,1-2H3. The molecule has 1 heterocycles. The molecule has 0 amide bonds. The summed E-state index contributed by atoms with van der Waals surface area (Å²) in [7, 11) is 1.74. The Kier molecular flexibility index (Phi) is 5.58. The number of nitrogens with zero attached hydrogens (tertiary/aromatic N) is 3. The lowest BCUT2D eigenvalue weighted by molar-refractivity contribution is -0.136. The first-order chi connectivity index (χ1) is 8.40. The average Bonchev–Trinajstić information content (AvgIpc) is 2.67. The highest BCUT2D eigenvalue weighted by molar-refractivity contribution is 4.95. The third kappa shape index (κ3) is 6.00. The molecule has 0 saturated carbocycles. The van der Waals surface area contributed by atoms with E-state index in [2.05, 4.69) is 15.6 Å². The number of hydrogen-bond acceptors (Lipinski definition) is 3. The summed E-state index contributed by atoms with van der Waals surface area (Å²) in [5.41, 5.74) is 0.716. The Balaban J connectivity index is 2.49. The lowest BCUT2D eigenvalue weighted by Gasteiger charge is -2.18. The molecule has 0 aliphatic heterocycles. The molecule has 18 heavy (non-hydrogen) atoms. The zero-order valence-electron chi connectivity index (χ0n) is 10.7. The van der Waals surface area contributed by atoms with Crippen LogP contribution in [0.15, 0.2) is 6.20 Å². The Labute approximate surface area is 105 Å². The summed E-state index contributed by atoms with van der Waals surface area (Å²) >= 11 is 0.